The average Bonchev–Trinajstić information content (AvgIpc) is 3.15. The second kappa shape index (κ2) is 7.82. The molecule has 7 nitrogen and oxygen atoms in total. The van der Waals surface area contributed by atoms with Crippen LogP contribution in [0.1, 0.15) is 40.0 Å². The summed E-state index contributed by atoms with van der Waals surface area (Å²) in [4.78, 5) is 26.9. The Kier molecular flexibility index (Phi) is 5.48. The van der Waals surface area contributed by atoms with Crippen LogP contribution < -0.4 is 5.32 Å². The number of ether oxygens (including phenoxy) is 1. The minimum atomic E-state index is -0.590. The molecule has 3 rings (SSSR count). The Labute approximate surface area is 159 Å². The number of piperidine rings is 1. The quantitative estimate of drug-likeness (QED) is 0.896. The van der Waals surface area contributed by atoms with Gasteiger partial charge in [-0.25, -0.2) is 9.48 Å². The predicted molar refractivity (Wildman–Crippen MR) is 103 cm³/mol. The number of anilines is 1. The Balaban J connectivity index is 1.72. The van der Waals surface area contributed by atoms with Gasteiger partial charge in [-0.3, -0.25) is 9.69 Å². The van der Waals surface area contributed by atoms with Crippen LogP contribution in [0.25, 0.3) is 5.69 Å². The van der Waals surface area contributed by atoms with Gasteiger partial charge >= 0.3 is 6.09 Å². The van der Waals surface area contributed by atoms with Crippen LogP contribution in [-0.2, 0) is 9.53 Å². The van der Waals surface area contributed by atoms with E-state index in [1.54, 1.807) is 15.8 Å². The number of benzene rings is 1. The first-order valence-corrected chi connectivity index (χ1v) is 9.24. The summed E-state index contributed by atoms with van der Waals surface area (Å²) in [5.41, 5.74) is 0.932. The number of amides is 2. The highest BCUT2D eigenvalue weighted by Crippen LogP contribution is 2.22. The van der Waals surface area contributed by atoms with Gasteiger partial charge in [0.2, 0.25) is 5.91 Å². The molecule has 0 spiro atoms. The number of nitrogens with zero attached hydrogens (tertiary/aromatic N) is 3. The Morgan fingerprint density at radius 1 is 1.22 bits per heavy atom. The normalized spacial score (nSPS) is 17.4. The summed E-state index contributed by atoms with van der Waals surface area (Å²) >= 11 is 0. The van der Waals surface area contributed by atoms with Gasteiger partial charge in [-0.05, 0) is 64.3 Å². The van der Waals surface area contributed by atoms with E-state index in [-0.39, 0.29) is 5.91 Å². The van der Waals surface area contributed by atoms with E-state index in [2.05, 4.69) is 10.4 Å². The number of hydrogen-bond donors (Lipinski definition) is 1. The van der Waals surface area contributed by atoms with Crippen LogP contribution in [0.4, 0.5) is 10.5 Å². The summed E-state index contributed by atoms with van der Waals surface area (Å²) < 4.78 is 7.20. The van der Waals surface area contributed by atoms with E-state index < -0.39 is 17.7 Å². The van der Waals surface area contributed by atoms with Crippen LogP contribution in [0.2, 0.25) is 0 Å². The van der Waals surface area contributed by atoms with Gasteiger partial charge in [0.05, 0.1) is 5.69 Å². The van der Waals surface area contributed by atoms with Crippen LogP contribution in [0.5, 0.6) is 0 Å². The van der Waals surface area contributed by atoms with E-state index in [1.807, 2.05) is 57.3 Å². The molecule has 2 heterocycles. The van der Waals surface area contributed by atoms with Crippen molar-refractivity contribution in [1.82, 2.24) is 14.7 Å². The summed E-state index contributed by atoms with van der Waals surface area (Å²) in [5.74, 6) is -0.196. The monoisotopic (exact) mass is 370 g/mol. The molecule has 0 saturated carbocycles. The van der Waals surface area contributed by atoms with Crippen LogP contribution in [0.3, 0.4) is 0 Å². The second-order valence-electron chi connectivity index (χ2n) is 7.68. The molecule has 1 aromatic heterocycles. The number of likely N-dealkylation sites (tertiary alicyclic amines) is 1. The van der Waals surface area contributed by atoms with Gasteiger partial charge in [-0.15, -0.1) is 0 Å². The SMILES string of the molecule is CC(C)(C)OC(=O)N1CCCCC1C(=O)Nc1cccc(-n2cccn2)c1. The highest BCUT2D eigenvalue weighted by atomic mass is 16.6. The standard InChI is InChI=1S/C20H26N4O3/c1-20(2,3)27-19(26)23-12-5-4-10-17(23)18(25)22-15-8-6-9-16(14-15)24-13-7-11-21-24/h6-9,11,13-14,17H,4-5,10,12H2,1-3H3,(H,22,25). The van der Waals surface area contributed by atoms with Crippen molar-refractivity contribution in [2.45, 2.75) is 51.7 Å². The Morgan fingerprint density at radius 2 is 2.04 bits per heavy atom. The molecule has 1 fully saturated rings. The molecule has 1 aliphatic heterocycles. The zero-order valence-electron chi connectivity index (χ0n) is 16.0. The number of aromatic nitrogens is 2. The summed E-state index contributed by atoms with van der Waals surface area (Å²) in [6, 6.07) is 8.76. The van der Waals surface area contributed by atoms with Crippen LogP contribution in [0, 0.1) is 0 Å². The highest BCUT2D eigenvalue weighted by Gasteiger charge is 2.34. The maximum absolute atomic E-state index is 12.9. The summed E-state index contributed by atoms with van der Waals surface area (Å²) in [6.07, 6.45) is 5.51. The average molecular weight is 370 g/mol. The molecule has 2 amide bonds. The zero-order valence-corrected chi connectivity index (χ0v) is 16.0. The molecule has 2 aromatic rings. The lowest BCUT2D eigenvalue weighted by Crippen LogP contribution is -2.51. The van der Waals surface area contributed by atoms with Gasteiger partial charge in [0.1, 0.15) is 11.6 Å². The van der Waals surface area contributed by atoms with E-state index in [0.29, 0.717) is 18.7 Å². The summed E-state index contributed by atoms with van der Waals surface area (Å²) in [5, 5.41) is 7.13. The first kappa shape index (κ1) is 18.9. The van der Waals surface area contributed by atoms with Crippen molar-refractivity contribution in [1.29, 1.82) is 0 Å². The molecule has 0 bridgehead atoms. The Hall–Kier alpha value is -2.83. The Bertz CT molecular complexity index is 796. The minimum Gasteiger partial charge on any atom is -0.444 e. The molecule has 1 saturated heterocycles. The Morgan fingerprint density at radius 3 is 2.74 bits per heavy atom. The summed E-state index contributed by atoms with van der Waals surface area (Å²) in [6.45, 7) is 6.00. The van der Waals surface area contributed by atoms with Crippen molar-refractivity contribution in [3.05, 3.63) is 42.7 Å². The zero-order chi connectivity index (χ0) is 19.4. The van der Waals surface area contributed by atoms with E-state index in [1.165, 1.54) is 0 Å². The van der Waals surface area contributed by atoms with Gasteiger partial charge in [-0.2, -0.15) is 5.10 Å². The number of carbonyl (C=O) groups is 2. The molecular formula is C20H26N4O3. The molecule has 144 valence electrons. The first-order chi connectivity index (χ1) is 12.8. The van der Waals surface area contributed by atoms with E-state index in [4.69, 9.17) is 4.74 Å². The molecule has 7 heteroatoms. The molecule has 1 atom stereocenters. The molecule has 1 unspecified atom stereocenters. The van der Waals surface area contributed by atoms with Gasteiger partial charge in [0.25, 0.3) is 0 Å². The van der Waals surface area contributed by atoms with E-state index in [9.17, 15) is 9.59 Å². The van der Waals surface area contributed by atoms with Crippen molar-refractivity contribution in [3.63, 3.8) is 0 Å². The smallest absolute Gasteiger partial charge is 0.410 e. The number of rotatable bonds is 3. The fourth-order valence-electron chi connectivity index (χ4n) is 3.12. The number of hydrogen-bond acceptors (Lipinski definition) is 4. The molecule has 0 radical (unpaired) electrons. The van der Waals surface area contributed by atoms with E-state index >= 15 is 0 Å². The van der Waals surface area contributed by atoms with Gasteiger partial charge in [-0.1, -0.05) is 6.07 Å². The third kappa shape index (κ3) is 4.87. The van der Waals surface area contributed by atoms with Crippen LogP contribution >= 0.6 is 0 Å². The highest BCUT2D eigenvalue weighted by molar-refractivity contribution is 5.96. The van der Waals surface area contributed by atoms with Crippen molar-refractivity contribution >= 4 is 17.7 Å². The van der Waals surface area contributed by atoms with Gasteiger partial charge in [0.15, 0.2) is 0 Å². The van der Waals surface area contributed by atoms with Crippen molar-refractivity contribution < 1.29 is 14.3 Å². The third-order valence-electron chi connectivity index (χ3n) is 4.32. The largest absolute Gasteiger partial charge is 0.444 e. The number of nitrogens with one attached hydrogen (secondary N) is 1. The molecule has 0 aliphatic carbocycles. The van der Waals surface area contributed by atoms with E-state index in [0.717, 1.165) is 18.5 Å². The lowest BCUT2D eigenvalue weighted by Gasteiger charge is -2.35. The maximum atomic E-state index is 12.9. The lowest BCUT2D eigenvalue weighted by atomic mass is 10.0. The lowest BCUT2D eigenvalue weighted by molar-refractivity contribution is -0.122. The first-order valence-electron chi connectivity index (χ1n) is 9.24. The fraction of sp³-hybridized carbons (Fsp3) is 0.450. The minimum absolute atomic E-state index is 0.196. The fourth-order valence-corrected chi connectivity index (χ4v) is 3.12. The topological polar surface area (TPSA) is 76.5 Å². The maximum Gasteiger partial charge on any atom is 0.410 e. The van der Waals surface area contributed by atoms with Crippen LogP contribution in [0.15, 0.2) is 42.7 Å². The number of carbonyl (C=O) groups excluding carboxylic acids is 2. The summed E-state index contributed by atoms with van der Waals surface area (Å²) in [7, 11) is 0. The molecular weight excluding hydrogens is 344 g/mol. The van der Waals surface area contributed by atoms with Crippen molar-refractivity contribution in [2.75, 3.05) is 11.9 Å². The molecule has 1 aromatic carbocycles. The second-order valence-corrected chi connectivity index (χ2v) is 7.68. The predicted octanol–water partition coefficient (Wildman–Crippen LogP) is 3.60. The molecule has 1 aliphatic rings. The third-order valence-corrected chi connectivity index (χ3v) is 4.32. The van der Waals surface area contributed by atoms with Crippen LogP contribution in [-0.4, -0.2) is 44.9 Å². The van der Waals surface area contributed by atoms with Crippen molar-refractivity contribution in [2.24, 2.45) is 0 Å². The van der Waals surface area contributed by atoms with Gasteiger partial charge in [0, 0.05) is 24.6 Å². The van der Waals surface area contributed by atoms with Gasteiger partial charge < -0.3 is 10.1 Å². The molecule has 27 heavy (non-hydrogen) atoms. The van der Waals surface area contributed by atoms with Crippen molar-refractivity contribution in [3.8, 4) is 5.69 Å². The molecule has 1 N–H and O–H groups in total.